The number of aromatic nitrogens is 5. The van der Waals surface area contributed by atoms with Crippen molar-refractivity contribution in [2.24, 2.45) is 0 Å². The second-order valence-corrected chi connectivity index (χ2v) is 6.76. The number of hydrogen-bond donors (Lipinski definition) is 0. The number of ether oxygens (including phenoxy) is 1. The maximum Gasteiger partial charge on any atom is 0.237 e. The standard InChI is InChI=1S/C16H17ClFN5O2S/c1-4-23-12(7-24-3)20-21-16(23)26-8-13-19-15(22-25-13)14-9(2)10(17)5-6-11(14)18/h5-6H,4,7-8H2,1-3H3. The molecule has 3 aromatic rings. The molecule has 0 N–H and O–H groups in total. The molecule has 26 heavy (non-hydrogen) atoms. The molecule has 0 saturated carbocycles. The summed E-state index contributed by atoms with van der Waals surface area (Å²) in [4.78, 5) is 4.28. The van der Waals surface area contributed by atoms with Gasteiger partial charge in [0.05, 0.1) is 11.3 Å². The van der Waals surface area contributed by atoms with E-state index in [1.54, 1.807) is 14.0 Å². The fourth-order valence-electron chi connectivity index (χ4n) is 2.45. The van der Waals surface area contributed by atoms with Crippen molar-refractivity contribution < 1.29 is 13.7 Å². The van der Waals surface area contributed by atoms with E-state index in [0.29, 0.717) is 28.8 Å². The Morgan fingerprint density at radius 2 is 2.15 bits per heavy atom. The molecule has 0 saturated heterocycles. The van der Waals surface area contributed by atoms with Gasteiger partial charge in [0.25, 0.3) is 0 Å². The summed E-state index contributed by atoms with van der Waals surface area (Å²) in [6.45, 7) is 4.82. The van der Waals surface area contributed by atoms with Crippen LogP contribution in [0.15, 0.2) is 21.8 Å². The van der Waals surface area contributed by atoms with Crippen molar-refractivity contribution >= 4 is 23.4 Å². The molecule has 2 aromatic heterocycles. The monoisotopic (exact) mass is 397 g/mol. The van der Waals surface area contributed by atoms with Crippen LogP contribution in [0, 0.1) is 12.7 Å². The van der Waals surface area contributed by atoms with Crippen LogP contribution in [0.5, 0.6) is 0 Å². The van der Waals surface area contributed by atoms with Crippen LogP contribution < -0.4 is 0 Å². The largest absolute Gasteiger partial charge is 0.377 e. The van der Waals surface area contributed by atoms with Gasteiger partial charge in [-0.3, -0.25) is 0 Å². The number of thioether (sulfide) groups is 1. The van der Waals surface area contributed by atoms with Gasteiger partial charge in [-0.05, 0) is 31.5 Å². The smallest absolute Gasteiger partial charge is 0.237 e. The molecule has 3 rings (SSSR count). The Bertz CT molecular complexity index is 914. The predicted molar refractivity (Wildman–Crippen MR) is 95.4 cm³/mol. The van der Waals surface area contributed by atoms with Crippen LogP contribution in [0.3, 0.4) is 0 Å². The Morgan fingerprint density at radius 1 is 1.35 bits per heavy atom. The molecule has 138 valence electrons. The van der Waals surface area contributed by atoms with Gasteiger partial charge in [-0.25, -0.2) is 4.39 Å². The first-order valence-electron chi connectivity index (χ1n) is 7.86. The van der Waals surface area contributed by atoms with Crippen molar-refractivity contribution in [1.29, 1.82) is 0 Å². The number of benzene rings is 1. The van der Waals surface area contributed by atoms with Gasteiger partial charge in [-0.15, -0.1) is 10.2 Å². The molecule has 0 spiro atoms. The van der Waals surface area contributed by atoms with Crippen molar-refractivity contribution in [2.45, 2.75) is 37.9 Å². The summed E-state index contributed by atoms with van der Waals surface area (Å²) in [6, 6.07) is 2.79. The second kappa shape index (κ2) is 8.15. The molecule has 0 aliphatic carbocycles. The highest BCUT2D eigenvalue weighted by atomic mass is 35.5. The lowest BCUT2D eigenvalue weighted by atomic mass is 10.1. The Kier molecular flexibility index (Phi) is 5.90. The van der Waals surface area contributed by atoms with Gasteiger partial charge < -0.3 is 13.8 Å². The zero-order chi connectivity index (χ0) is 18.7. The van der Waals surface area contributed by atoms with Crippen LogP contribution >= 0.6 is 23.4 Å². The van der Waals surface area contributed by atoms with E-state index >= 15 is 0 Å². The van der Waals surface area contributed by atoms with Gasteiger partial charge in [0, 0.05) is 18.7 Å². The summed E-state index contributed by atoms with van der Waals surface area (Å²) in [5.41, 5.74) is 0.818. The van der Waals surface area contributed by atoms with Crippen LogP contribution in [-0.2, 0) is 23.6 Å². The number of hydrogen-bond acceptors (Lipinski definition) is 7. The Labute approximate surface area is 158 Å². The third-order valence-corrected chi connectivity index (χ3v) is 5.11. The van der Waals surface area contributed by atoms with Crippen molar-refractivity contribution in [3.63, 3.8) is 0 Å². The maximum absolute atomic E-state index is 14.1. The molecule has 0 fully saturated rings. The van der Waals surface area contributed by atoms with E-state index in [2.05, 4.69) is 20.3 Å². The Morgan fingerprint density at radius 3 is 2.88 bits per heavy atom. The summed E-state index contributed by atoms with van der Waals surface area (Å²) in [5.74, 6) is 1.24. The summed E-state index contributed by atoms with van der Waals surface area (Å²) in [7, 11) is 1.61. The van der Waals surface area contributed by atoms with E-state index < -0.39 is 5.82 Å². The van der Waals surface area contributed by atoms with Crippen LogP contribution in [0.4, 0.5) is 4.39 Å². The quantitative estimate of drug-likeness (QED) is 0.559. The molecule has 7 nitrogen and oxygen atoms in total. The number of methoxy groups -OCH3 is 1. The minimum atomic E-state index is -0.443. The average molecular weight is 398 g/mol. The lowest BCUT2D eigenvalue weighted by molar-refractivity contribution is 0.173. The number of rotatable bonds is 7. The molecule has 0 aliphatic heterocycles. The van der Waals surface area contributed by atoms with Crippen molar-refractivity contribution in [2.75, 3.05) is 7.11 Å². The highest BCUT2D eigenvalue weighted by Crippen LogP contribution is 2.30. The van der Waals surface area contributed by atoms with E-state index in [1.807, 2.05) is 11.5 Å². The maximum atomic E-state index is 14.1. The highest BCUT2D eigenvalue weighted by molar-refractivity contribution is 7.98. The van der Waals surface area contributed by atoms with Gasteiger partial charge in [0.1, 0.15) is 12.4 Å². The zero-order valence-corrected chi connectivity index (χ0v) is 16.1. The van der Waals surface area contributed by atoms with E-state index in [9.17, 15) is 4.39 Å². The molecule has 0 atom stereocenters. The van der Waals surface area contributed by atoms with Crippen molar-refractivity contribution in [3.8, 4) is 11.4 Å². The van der Waals surface area contributed by atoms with Crippen LogP contribution in [-0.4, -0.2) is 32.0 Å². The normalized spacial score (nSPS) is 11.3. The number of halogens is 2. The minimum Gasteiger partial charge on any atom is -0.377 e. The predicted octanol–water partition coefficient (Wildman–Crippen LogP) is 3.89. The molecule has 1 aromatic carbocycles. The molecule has 2 heterocycles. The molecule has 0 unspecified atom stereocenters. The first kappa shape index (κ1) is 18.8. The lowest BCUT2D eigenvalue weighted by Crippen LogP contribution is -2.04. The van der Waals surface area contributed by atoms with Gasteiger partial charge >= 0.3 is 0 Å². The van der Waals surface area contributed by atoms with Gasteiger partial charge in [0.15, 0.2) is 11.0 Å². The van der Waals surface area contributed by atoms with Crippen molar-refractivity contribution in [1.82, 2.24) is 24.9 Å². The average Bonchev–Trinajstić information content (AvgIpc) is 3.24. The van der Waals surface area contributed by atoms with Gasteiger partial charge in [-0.1, -0.05) is 28.5 Å². The van der Waals surface area contributed by atoms with Gasteiger partial charge in [0.2, 0.25) is 11.7 Å². The van der Waals surface area contributed by atoms with Crippen LogP contribution in [0.1, 0.15) is 24.2 Å². The molecular formula is C16H17ClFN5O2S. The molecule has 0 bridgehead atoms. The molecular weight excluding hydrogens is 381 g/mol. The molecule has 0 aliphatic rings. The highest BCUT2D eigenvalue weighted by Gasteiger charge is 2.18. The van der Waals surface area contributed by atoms with Gasteiger partial charge in [-0.2, -0.15) is 4.98 Å². The van der Waals surface area contributed by atoms with E-state index in [4.69, 9.17) is 20.9 Å². The summed E-state index contributed by atoms with van der Waals surface area (Å²) in [5, 5.41) is 13.3. The lowest BCUT2D eigenvalue weighted by Gasteiger charge is -2.05. The zero-order valence-electron chi connectivity index (χ0n) is 14.5. The Balaban J connectivity index is 1.77. The third-order valence-electron chi connectivity index (χ3n) is 3.75. The number of nitrogens with zero attached hydrogens (tertiary/aromatic N) is 5. The summed E-state index contributed by atoms with van der Waals surface area (Å²) < 4.78 is 26.4. The molecule has 10 heteroatoms. The van der Waals surface area contributed by atoms with E-state index in [1.165, 1.54) is 23.9 Å². The topological polar surface area (TPSA) is 78.9 Å². The first-order chi connectivity index (χ1) is 12.5. The first-order valence-corrected chi connectivity index (χ1v) is 9.22. The SMILES string of the molecule is CCn1c(COC)nnc1SCc1nc(-c2c(F)ccc(Cl)c2C)no1. The second-order valence-electron chi connectivity index (χ2n) is 5.41. The minimum absolute atomic E-state index is 0.176. The fourth-order valence-corrected chi connectivity index (χ4v) is 3.46. The molecule has 0 radical (unpaired) electrons. The van der Waals surface area contributed by atoms with Crippen LogP contribution in [0.25, 0.3) is 11.4 Å². The Hall–Kier alpha value is -1.97. The van der Waals surface area contributed by atoms with Crippen LogP contribution in [0.2, 0.25) is 5.02 Å². The molecule has 0 amide bonds. The van der Waals surface area contributed by atoms with E-state index in [0.717, 1.165) is 17.5 Å². The fraction of sp³-hybridized carbons (Fsp3) is 0.375. The van der Waals surface area contributed by atoms with Crippen molar-refractivity contribution in [3.05, 3.63) is 40.3 Å². The summed E-state index contributed by atoms with van der Waals surface area (Å²) >= 11 is 7.47. The summed E-state index contributed by atoms with van der Waals surface area (Å²) in [6.07, 6.45) is 0. The van der Waals surface area contributed by atoms with E-state index in [-0.39, 0.29) is 11.4 Å². The third kappa shape index (κ3) is 3.74.